The van der Waals surface area contributed by atoms with E-state index in [1.165, 1.54) is 31.2 Å². The number of benzene rings is 1. The van der Waals surface area contributed by atoms with Crippen LogP contribution in [0.2, 0.25) is 0 Å². The summed E-state index contributed by atoms with van der Waals surface area (Å²) < 4.78 is 40.9. The van der Waals surface area contributed by atoms with Crippen LogP contribution < -0.4 is 5.32 Å². The van der Waals surface area contributed by atoms with Crippen LogP contribution in [0.25, 0.3) is 11.1 Å². The Morgan fingerprint density at radius 1 is 1.26 bits per heavy atom. The number of aryl methyl sites for hydroxylation is 2. The number of H-pyrrole nitrogens is 1. The average molecular weight is 378 g/mol. The Morgan fingerprint density at radius 2 is 2.00 bits per heavy atom. The fourth-order valence-electron chi connectivity index (χ4n) is 2.67. The zero-order valence-electron chi connectivity index (χ0n) is 14.4. The van der Waals surface area contributed by atoms with Crippen molar-refractivity contribution in [2.24, 2.45) is 0 Å². The minimum absolute atomic E-state index is 0.0118. The summed E-state index contributed by atoms with van der Waals surface area (Å²) in [7, 11) is 0. The van der Waals surface area contributed by atoms with Gasteiger partial charge in [-0.15, -0.1) is 5.10 Å². The van der Waals surface area contributed by atoms with E-state index < -0.39 is 11.9 Å². The van der Waals surface area contributed by atoms with Gasteiger partial charge in [-0.25, -0.2) is 0 Å². The summed E-state index contributed by atoms with van der Waals surface area (Å²) in [6, 6.07) is 5.96. The highest BCUT2D eigenvalue weighted by molar-refractivity contribution is 5.94. The van der Waals surface area contributed by atoms with E-state index in [0.717, 1.165) is 0 Å². The third kappa shape index (κ3) is 4.33. The van der Waals surface area contributed by atoms with Crippen LogP contribution in [0.5, 0.6) is 0 Å². The first kappa shape index (κ1) is 18.6. The topological polar surface area (TPSA) is 88.5 Å². The molecule has 2 heterocycles. The summed E-state index contributed by atoms with van der Waals surface area (Å²) >= 11 is 0. The molecule has 2 N–H and O–H groups in total. The minimum atomic E-state index is -4.56. The molecule has 0 saturated carbocycles. The smallest absolute Gasteiger partial charge is 0.352 e. The first-order valence-corrected chi connectivity index (χ1v) is 8.21. The predicted molar refractivity (Wildman–Crippen MR) is 90.7 cm³/mol. The van der Waals surface area contributed by atoms with Crippen LogP contribution in [-0.2, 0) is 12.7 Å². The van der Waals surface area contributed by atoms with Crippen molar-refractivity contribution in [3.8, 4) is 11.1 Å². The molecule has 0 atom stereocenters. The molecule has 0 spiro atoms. The normalized spacial score (nSPS) is 11.6. The summed E-state index contributed by atoms with van der Waals surface area (Å²) in [5, 5.41) is 16.0. The number of amides is 1. The molecule has 3 aromatic rings. The second-order valence-corrected chi connectivity index (χ2v) is 5.92. The van der Waals surface area contributed by atoms with E-state index in [0.29, 0.717) is 36.3 Å². The molecular weight excluding hydrogens is 361 g/mol. The van der Waals surface area contributed by atoms with E-state index >= 15 is 0 Å². The van der Waals surface area contributed by atoms with Crippen LogP contribution >= 0.6 is 0 Å². The Labute approximate surface area is 152 Å². The van der Waals surface area contributed by atoms with E-state index in [9.17, 15) is 18.0 Å². The molecule has 10 heteroatoms. The Morgan fingerprint density at radius 3 is 2.63 bits per heavy atom. The number of nitrogens with zero attached hydrogens (tertiary/aromatic N) is 4. The quantitative estimate of drug-likeness (QED) is 0.646. The number of aromatic nitrogens is 5. The Bertz CT molecular complexity index is 900. The van der Waals surface area contributed by atoms with Crippen molar-refractivity contribution in [3.05, 3.63) is 53.6 Å². The van der Waals surface area contributed by atoms with Gasteiger partial charge in [0.1, 0.15) is 0 Å². The first-order valence-electron chi connectivity index (χ1n) is 8.21. The maximum Gasteiger partial charge on any atom is 0.435 e. The Kier molecular flexibility index (Phi) is 5.24. The highest BCUT2D eigenvalue weighted by atomic mass is 19.4. The van der Waals surface area contributed by atoms with Crippen molar-refractivity contribution in [2.75, 3.05) is 6.54 Å². The molecule has 1 aromatic carbocycles. The standard InChI is InChI=1S/C17H17F3N6O/c1-11-14(15(24-23-11)17(18,19)20)12-3-5-13(6-4-12)16(27)21-7-2-9-26-10-8-22-25-26/h3-6,8,10H,2,7,9H2,1H3,(H,21,27)(H,23,24). The monoisotopic (exact) mass is 378 g/mol. The van der Waals surface area contributed by atoms with Gasteiger partial charge in [0.05, 0.1) is 6.20 Å². The summed E-state index contributed by atoms with van der Waals surface area (Å²) in [4.78, 5) is 12.2. The number of alkyl halides is 3. The van der Waals surface area contributed by atoms with E-state index in [-0.39, 0.29) is 11.5 Å². The molecule has 0 aliphatic rings. The summed E-state index contributed by atoms with van der Waals surface area (Å²) in [5.74, 6) is -0.292. The number of hydrogen-bond donors (Lipinski definition) is 2. The second kappa shape index (κ2) is 7.60. The highest BCUT2D eigenvalue weighted by Gasteiger charge is 2.37. The van der Waals surface area contributed by atoms with Crippen molar-refractivity contribution in [3.63, 3.8) is 0 Å². The molecule has 0 fully saturated rings. The van der Waals surface area contributed by atoms with Crippen molar-refractivity contribution < 1.29 is 18.0 Å². The maximum atomic E-state index is 13.1. The molecule has 0 bridgehead atoms. The highest BCUT2D eigenvalue weighted by Crippen LogP contribution is 2.37. The van der Waals surface area contributed by atoms with Crippen LogP contribution in [0, 0.1) is 6.92 Å². The fourth-order valence-corrected chi connectivity index (χ4v) is 2.67. The van der Waals surface area contributed by atoms with Crippen molar-refractivity contribution >= 4 is 5.91 Å². The largest absolute Gasteiger partial charge is 0.435 e. The molecule has 3 rings (SSSR count). The van der Waals surface area contributed by atoms with Gasteiger partial charge in [-0.3, -0.25) is 14.6 Å². The van der Waals surface area contributed by atoms with Gasteiger partial charge in [0.15, 0.2) is 5.69 Å². The number of carbonyl (C=O) groups excluding carboxylic acids is 1. The van der Waals surface area contributed by atoms with Gasteiger partial charge in [-0.05, 0) is 31.0 Å². The van der Waals surface area contributed by atoms with Crippen LogP contribution in [0.1, 0.15) is 28.2 Å². The van der Waals surface area contributed by atoms with E-state index in [1.54, 1.807) is 17.1 Å². The van der Waals surface area contributed by atoms with Gasteiger partial charge in [-0.2, -0.15) is 18.3 Å². The van der Waals surface area contributed by atoms with Crippen molar-refractivity contribution in [2.45, 2.75) is 26.1 Å². The van der Waals surface area contributed by atoms with Gasteiger partial charge in [0.25, 0.3) is 5.91 Å². The van der Waals surface area contributed by atoms with Crippen LogP contribution in [-0.4, -0.2) is 37.6 Å². The van der Waals surface area contributed by atoms with Crippen LogP contribution in [0.15, 0.2) is 36.7 Å². The molecule has 0 aliphatic heterocycles. The number of hydrogen-bond acceptors (Lipinski definition) is 4. The van der Waals surface area contributed by atoms with Crippen LogP contribution in [0.3, 0.4) is 0 Å². The molecule has 0 radical (unpaired) electrons. The van der Waals surface area contributed by atoms with E-state index in [4.69, 9.17) is 0 Å². The van der Waals surface area contributed by atoms with Gasteiger partial charge in [-0.1, -0.05) is 17.3 Å². The SMILES string of the molecule is Cc1[nH]nc(C(F)(F)F)c1-c1ccc(C(=O)NCCCn2ccnn2)cc1. The van der Waals surface area contributed by atoms with Gasteiger partial charge in [0.2, 0.25) is 0 Å². The molecule has 1 amide bonds. The van der Waals surface area contributed by atoms with Crippen molar-refractivity contribution in [1.29, 1.82) is 0 Å². The Balaban J connectivity index is 1.63. The summed E-state index contributed by atoms with van der Waals surface area (Å²) in [5.41, 5.74) is 0.0470. The molecule has 7 nitrogen and oxygen atoms in total. The zero-order chi connectivity index (χ0) is 19.4. The lowest BCUT2D eigenvalue weighted by molar-refractivity contribution is -0.140. The molecule has 0 aliphatic carbocycles. The molecule has 27 heavy (non-hydrogen) atoms. The summed E-state index contributed by atoms with van der Waals surface area (Å²) in [6.45, 7) is 2.59. The van der Waals surface area contributed by atoms with Gasteiger partial charge < -0.3 is 5.32 Å². The van der Waals surface area contributed by atoms with E-state index in [2.05, 4.69) is 25.8 Å². The van der Waals surface area contributed by atoms with Crippen molar-refractivity contribution in [1.82, 2.24) is 30.5 Å². The lowest BCUT2D eigenvalue weighted by atomic mass is 10.0. The second-order valence-electron chi connectivity index (χ2n) is 5.92. The molecular formula is C17H17F3N6O. The Hall–Kier alpha value is -3.17. The number of rotatable bonds is 6. The van der Waals surface area contributed by atoms with E-state index in [1.807, 2.05) is 0 Å². The third-order valence-corrected chi connectivity index (χ3v) is 3.97. The first-order chi connectivity index (χ1) is 12.9. The molecule has 142 valence electrons. The number of nitrogens with one attached hydrogen (secondary N) is 2. The number of aromatic amines is 1. The third-order valence-electron chi connectivity index (χ3n) is 3.97. The predicted octanol–water partition coefficient (Wildman–Crippen LogP) is 2.82. The lowest BCUT2D eigenvalue weighted by Gasteiger charge is -2.09. The van der Waals surface area contributed by atoms with Gasteiger partial charge in [0, 0.05) is 36.1 Å². The van der Waals surface area contributed by atoms with Crippen LogP contribution in [0.4, 0.5) is 13.2 Å². The lowest BCUT2D eigenvalue weighted by Crippen LogP contribution is -2.25. The molecule has 2 aromatic heterocycles. The number of halogens is 3. The average Bonchev–Trinajstić information content (AvgIpc) is 3.28. The fraction of sp³-hybridized carbons (Fsp3) is 0.294. The molecule has 0 saturated heterocycles. The molecule has 0 unspecified atom stereocenters. The summed E-state index contributed by atoms with van der Waals surface area (Å²) in [6.07, 6.45) is -0.573. The maximum absolute atomic E-state index is 13.1. The van der Waals surface area contributed by atoms with Gasteiger partial charge >= 0.3 is 6.18 Å². The number of carbonyl (C=O) groups is 1. The minimum Gasteiger partial charge on any atom is -0.352 e. The zero-order valence-corrected chi connectivity index (χ0v) is 14.4.